The molecule has 8 heavy (non-hydrogen) atoms. The second kappa shape index (κ2) is 4.11. The third kappa shape index (κ3) is 3.30. The van der Waals surface area contributed by atoms with E-state index < -0.39 is 0 Å². The number of epoxide rings is 1. The van der Waals surface area contributed by atoms with Crippen molar-refractivity contribution in [2.45, 2.75) is 19.4 Å². The maximum atomic E-state index is 4.86. The average molecular weight is 319 g/mol. The molecule has 0 aliphatic carbocycles. The van der Waals surface area contributed by atoms with Gasteiger partial charge in [-0.25, -0.2) is 12.2 Å². The first-order chi connectivity index (χ1) is 2.77. The molecule has 1 radical (unpaired) electrons. The molecule has 0 bridgehead atoms. The van der Waals surface area contributed by atoms with E-state index in [4.69, 9.17) is 4.74 Å². The van der Waals surface area contributed by atoms with E-state index in [1.165, 1.54) is 0 Å². The fourth-order valence-electron chi connectivity index (χ4n) is 0.229. The molecule has 0 N–H and O–H groups in total. The molecule has 3 heteroatoms. The molecule has 1 saturated heterocycles. The monoisotopic (exact) mass is 319 g/mol. The van der Waals surface area contributed by atoms with Gasteiger partial charge < -0.3 is 11.2 Å². The van der Waals surface area contributed by atoms with E-state index in [0.29, 0.717) is 0 Å². The topological polar surface area (TPSA) is 12.5 Å². The zero-order chi connectivity index (χ0) is 4.62. The normalized spacial score (nSPS) is 32.2. The van der Waals surface area contributed by atoms with Crippen LogP contribution in [0.5, 0.6) is 0 Å². The molecule has 0 amide bonds. The smallest absolute Gasteiger partial charge is 0 e. The van der Waals surface area contributed by atoms with Crippen LogP contribution in [0.2, 0.25) is 0 Å². The summed E-state index contributed by atoms with van der Waals surface area (Å²) >= 11 is 0. The van der Waals surface area contributed by atoms with Gasteiger partial charge in [-0.3, -0.25) is 0 Å². The summed E-state index contributed by atoms with van der Waals surface area (Å²) < 4.78 is 4.86. The first kappa shape index (κ1) is 12.0. The fourth-order valence-corrected chi connectivity index (χ4v) is 0.229. The van der Waals surface area contributed by atoms with Crippen molar-refractivity contribution < 1.29 is 44.4 Å². The Morgan fingerprint density at radius 3 is 2.00 bits per heavy atom. The summed E-state index contributed by atoms with van der Waals surface area (Å²) in [5.41, 5.74) is 0.0417. The standard InChI is InChI=1S/C5H8O.V.W/c1-3-5(2)4-6-5;;/h3-4H,1-2H3;;/q-2;;. The van der Waals surface area contributed by atoms with Crippen molar-refractivity contribution in [3.8, 4) is 0 Å². The predicted molar refractivity (Wildman–Crippen MR) is 23.8 cm³/mol. The van der Waals surface area contributed by atoms with Crippen LogP contribution < -0.4 is 0 Å². The van der Waals surface area contributed by atoms with Gasteiger partial charge in [-0.2, -0.15) is 6.92 Å². The molecule has 0 aromatic carbocycles. The first-order valence-electron chi connectivity index (χ1n) is 2.09. The summed E-state index contributed by atoms with van der Waals surface area (Å²) in [6.45, 7) is 5.82. The van der Waals surface area contributed by atoms with Gasteiger partial charge in [0.15, 0.2) is 0 Å². The Morgan fingerprint density at radius 2 is 2.00 bits per heavy atom. The van der Waals surface area contributed by atoms with Crippen molar-refractivity contribution >= 4 is 0 Å². The molecule has 0 spiro atoms. The minimum absolute atomic E-state index is 0. The molecule has 1 unspecified atom stereocenters. The Labute approximate surface area is 76.7 Å². The maximum absolute atomic E-state index is 4.86. The Bertz CT molecular complexity index is 63.4. The van der Waals surface area contributed by atoms with Crippen molar-refractivity contribution in [3.05, 3.63) is 13.0 Å². The van der Waals surface area contributed by atoms with Crippen LogP contribution in [0.3, 0.4) is 0 Å². The number of hydrogen-bond donors (Lipinski definition) is 0. The van der Waals surface area contributed by atoms with Crippen molar-refractivity contribution in [2.75, 3.05) is 0 Å². The van der Waals surface area contributed by atoms with Crippen LogP contribution in [0.15, 0.2) is 0 Å². The fraction of sp³-hybridized carbons (Fsp3) is 0.600. The van der Waals surface area contributed by atoms with Crippen LogP contribution in [-0.2, 0) is 44.4 Å². The molecule has 1 atom stereocenters. The van der Waals surface area contributed by atoms with Gasteiger partial charge in [0, 0.05) is 39.6 Å². The first-order valence-corrected chi connectivity index (χ1v) is 2.09. The van der Waals surface area contributed by atoms with E-state index in [1.54, 1.807) is 0 Å². The second-order valence-corrected chi connectivity index (χ2v) is 1.71. The zero-order valence-electron chi connectivity index (χ0n) is 4.92. The van der Waals surface area contributed by atoms with Gasteiger partial charge in [-0.1, -0.05) is 6.92 Å². The third-order valence-electron chi connectivity index (χ3n) is 1.06. The summed E-state index contributed by atoms with van der Waals surface area (Å²) in [4.78, 5) is 0. The molecule has 1 heterocycles. The Balaban J connectivity index is 0. The van der Waals surface area contributed by atoms with Crippen LogP contribution in [0.4, 0.5) is 0 Å². The summed E-state index contributed by atoms with van der Waals surface area (Å²) in [7, 11) is 0. The Kier molecular flexibility index (Phi) is 6.15. The maximum Gasteiger partial charge on any atom is 0 e. The molecule has 1 fully saturated rings. The van der Waals surface area contributed by atoms with Gasteiger partial charge in [-0.15, -0.1) is 0 Å². The summed E-state index contributed by atoms with van der Waals surface area (Å²) in [6.07, 6.45) is 2.02. The van der Waals surface area contributed by atoms with E-state index in [9.17, 15) is 0 Å². The Morgan fingerprint density at radius 1 is 1.62 bits per heavy atom. The second-order valence-electron chi connectivity index (χ2n) is 1.71. The van der Waals surface area contributed by atoms with Gasteiger partial charge >= 0.3 is 0 Å². The van der Waals surface area contributed by atoms with Crippen LogP contribution in [0.1, 0.15) is 13.8 Å². The molecule has 0 saturated carbocycles. The molecule has 1 nitrogen and oxygen atoms in total. The van der Waals surface area contributed by atoms with Crippen molar-refractivity contribution in [1.29, 1.82) is 0 Å². The van der Waals surface area contributed by atoms with E-state index in [-0.39, 0.29) is 45.2 Å². The summed E-state index contributed by atoms with van der Waals surface area (Å²) in [5.74, 6) is 0. The number of hydrogen-bond acceptors (Lipinski definition) is 1. The van der Waals surface area contributed by atoms with Crippen LogP contribution in [0, 0.1) is 13.0 Å². The Hall–Kier alpha value is 1.23. The van der Waals surface area contributed by atoms with Gasteiger partial charge in [0.25, 0.3) is 0 Å². The van der Waals surface area contributed by atoms with Crippen molar-refractivity contribution in [1.82, 2.24) is 0 Å². The SMILES string of the molecule is C[CH-]C1(C)[CH-]O1.[V].[W]. The molecule has 0 aromatic heterocycles. The van der Waals surface area contributed by atoms with Crippen LogP contribution >= 0.6 is 0 Å². The molecular formula is C5H8OVW-2. The molecular weight excluding hydrogens is 311 g/mol. The largest absolute Gasteiger partial charge is 0.600 e. The number of ether oxygens (including phenoxy) is 1. The van der Waals surface area contributed by atoms with E-state index >= 15 is 0 Å². The molecule has 1 rings (SSSR count). The molecule has 1 aliphatic heterocycles. The predicted octanol–water partition coefficient (Wildman–Crippen LogP) is 1.16. The van der Waals surface area contributed by atoms with Gasteiger partial charge in [0.05, 0.1) is 0 Å². The average Bonchev–Trinajstić information content (AvgIpc) is 2.22. The number of rotatable bonds is 1. The quantitative estimate of drug-likeness (QED) is 0.522. The van der Waals surface area contributed by atoms with Crippen molar-refractivity contribution in [3.63, 3.8) is 0 Å². The molecule has 0 aromatic rings. The third-order valence-corrected chi connectivity index (χ3v) is 1.06. The molecule has 1 aliphatic rings. The van der Waals surface area contributed by atoms with E-state index in [2.05, 4.69) is 0 Å². The van der Waals surface area contributed by atoms with E-state index in [1.807, 2.05) is 26.9 Å². The van der Waals surface area contributed by atoms with Gasteiger partial charge in [-0.05, 0) is 0 Å². The van der Waals surface area contributed by atoms with Gasteiger partial charge in [0.1, 0.15) is 0 Å². The van der Waals surface area contributed by atoms with Crippen LogP contribution in [0.25, 0.3) is 0 Å². The van der Waals surface area contributed by atoms with Crippen molar-refractivity contribution in [2.24, 2.45) is 0 Å². The summed E-state index contributed by atoms with van der Waals surface area (Å²) in [6, 6.07) is 0. The molecule has 47 valence electrons. The van der Waals surface area contributed by atoms with Crippen LogP contribution in [-0.4, -0.2) is 5.60 Å². The zero-order valence-corrected chi connectivity index (χ0v) is 9.25. The minimum Gasteiger partial charge on any atom is -0.600 e. The minimum atomic E-state index is 0. The van der Waals surface area contributed by atoms with E-state index in [0.717, 1.165) is 0 Å². The summed E-state index contributed by atoms with van der Waals surface area (Å²) in [5, 5.41) is 0. The van der Waals surface area contributed by atoms with Gasteiger partial charge in [0.2, 0.25) is 0 Å².